The average molecular weight is 279 g/mol. The van der Waals surface area contributed by atoms with E-state index in [1.807, 2.05) is 0 Å². The molecular formula is C17H29NO2. The van der Waals surface area contributed by atoms with Crippen molar-refractivity contribution in [2.75, 3.05) is 6.54 Å². The third-order valence-electron chi connectivity index (χ3n) is 4.35. The molecule has 0 radical (unpaired) electrons. The third-order valence-corrected chi connectivity index (χ3v) is 4.35. The van der Waals surface area contributed by atoms with Crippen LogP contribution >= 0.6 is 0 Å². The fourth-order valence-corrected chi connectivity index (χ4v) is 2.81. The van der Waals surface area contributed by atoms with Crippen LogP contribution in [0, 0.1) is 12.3 Å². The van der Waals surface area contributed by atoms with Gasteiger partial charge < -0.3 is 14.5 Å². The molecule has 20 heavy (non-hydrogen) atoms. The van der Waals surface area contributed by atoms with Crippen LogP contribution in [-0.4, -0.2) is 12.6 Å². The maximum Gasteiger partial charge on any atom is 0.130 e. The smallest absolute Gasteiger partial charge is 0.130 e. The quantitative estimate of drug-likeness (QED) is 0.848. The van der Waals surface area contributed by atoms with Gasteiger partial charge in [0.1, 0.15) is 18.1 Å². The lowest BCUT2D eigenvalue weighted by molar-refractivity contribution is -0.0123. The Morgan fingerprint density at radius 2 is 2.05 bits per heavy atom. The number of furan rings is 1. The van der Waals surface area contributed by atoms with Crippen LogP contribution in [0.1, 0.15) is 63.5 Å². The molecule has 0 aliphatic heterocycles. The zero-order valence-corrected chi connectivity index (χ0v) is 13.4. The Kier molecular flexibility index (Phi) is 5.28. The first-order valence-electron chi connectivity index (χ1n) is 7.90. The molecule has 0 aromatic carbocycles. The minimum atomic E-state index is 0.408. The van der Waals surface area contributed by atoms with Crippen LogP contribution in [0.3, 0.4) is 0 Å². The monoisotopic (exact) mass is 279 g/mol. The van der Waals surface area contributed by atoms with E-state index in [1.54, 1.807) is 0 Å². The highest BCUT2D eigenvalue weighted by atomic mass is 16.5. The fraction of sp³-hybridized carbons (Fsp3) is 0.765. The molecule has 3 nitrogen and oxygen atoms in total. The lowest BCUT2D eigenvalue weighted by Crippen LogP contribution is -2.26. The molecule has 1 aromatic heterocycles. The van der Waals surface area contributed by atoms with Crippen molar-refractivity contribution in [3.63, 3.8) is 0 Å². The topological polar surface area (TPSA) is 34.4 Å². The summed E-state index contributed by atoms with van der Waals surface area (Å²) in [5, 5.41) is 3.30. The van der Waals surface area contributed by atoms with E-state index in [2.05, 4.69) is 39.1 Å². The van der Waals surface area contributed by atoms with E-state index >= 15 is 0 Å². The summed E-state index contributed by atoms with van der Waals surface area (Å²) in [5.74, 6) is 2.00. The first-order valence-corrected chi connectivity index (χ1v) is 7.90. The molecule has 0 saturated heterocycles. The minimum absolute atomic E-state index is 0.408. The van der Waals surface area contributed by atoms with Crippen molar-refractivity contribution in [2.24, 2.45) is 5.41 Å². The second-order valence-electron chi connectivity index (χ2n) is 6.77. The number of hydrogen-bond acceptors (Lipinski definition) is 3. The predicted molar refractivity (Wildman–Crippen MR) is 81.7 cm³/mol. The SMILES string of the molecule is CCNCc1oc(COC2CCC(C)(C)CC2)cc1C. The Labute approximate surface area is 123 Å². The van der Waals surface area contributed by atoms with Gasteiger partial charge in [-0.15, -0.1) is 0 Å². The molecule has 0 spiro atoms. The molecule has 0 amide bonds. The second kappa shape index (κ2) is 6.77. The summed E-state index contributed by atoms with van der Waals surface area (Å²) in [6, 6.07) is 2.11. The molecule has 2 rings (SSSR count). The number of nitrogens with one attached hydrogen (secondary N) is 1. The summed E-state index contributed by atoms with van der Waals surface area (Å²) in [6.07, 6.45) is 5.29. The van der Waals surface area contributed by atoms with Crippen LogP contribution in [0.2, 0.25) is 0 Å². The molecule has 1 aliphatic rings. The zero-order chi connectivity index (χ0) is 14.6. The predicted octanol–water partition coefficient (Wildman–Crippen LogP) is 4.18. The average Bonchev–Trinajstić information content (AvgIpc) is 2.76. The van der Waals surface area contributed by atoms with Gasteiger partial charge in [-0.1, -0.05) is 20.8 Å². The Morgan fingerprint density at radius 3 is 2.70 bits per heavy atom. The lowest BCUT2D eigenvalue weighted by Gasteiger charge is -2.34. The summed E-state index contributed by atoms with van der Waals surface area (Å²) in [6.45, 7) is 11.3. The van der Waals surface area contributed by atoms with Gasteiger partial charge in [0.05, 0.1) is 12.6 Å². The van der Waals surface area contributed by atoms with Crippen molar-refractivity contribution in [1.29, 1.82) is 0 Å². The summed E-state index contributed by atoms with van der Waals surface area (Å²) < 4.78 is 11.9. The van der Waals surface area contributed by atoms with Gasteiger partial charge in [0.2, 0.25) is 0 Å². The van der Waals surface area contributed by atoms with Crippen LogP contribution in [0.15, 0.2) is 10.5 Å². The maximum absolute atomic E-state index is 6.02. The Bertz CT molecular complexity index is 413. The van der Waals surface area contributed by atoms with E-state index in [1.165, 1.54) is 31.2 Å². The molecule has 0 bridgehead atoms. The molecule has 0 unspecified atom stereocenters. The molecule has 3 heteroatoms. The van der Waals surface area contributed by atoms with Crippen LogP contribution in [-0.2, 0) is 17.9 Å². The Morgan fingerprint density at radius 1 is 1.35 bits per heavy atom. The number of aryl methyl sites for hydroxylation is 1. The van der Waals surface area contributed by atoms with Crippen LogP contribution in [0.5, 0.6) is 0 Å². The van der Waals surface area contributed by atoms with Gasteiger partial charge in [0.15, 0.2) is 0 Å². The van der Waals surface area contributed by atoms with Crippen molar-refractivity contribution in [1.82, 2.24) is 5.32 Å². The molecule has 1 heterocycles. The number of ether oxygens (including phenoxy) is 1. The van der Waals surface area contributed by atoms with E-state index in [9.17, 15) is 0 Å². The molecule has 1 fully saturated rings. The molecule has 1 aromatic rings. The van der Waals surface area contributed by atoms with Crippen LogP contribution in [0.25, 0.3) is 0 Å². The standard InChI is InChI=1S/C17H29NO2/c1-5-18-11-16-13(2)10-15(20-16)12-19-14-6-8-17(3,4)9-7-14/h10,14,18H,5-9,11-12H2,1-4H3. The Hall–Kier alpha value is -0.800. The summed E-state index contributed by atoms with van der Waals surface area (Å²) in [5.41, 5.74) is 1.72. The van der Waals surface area contributed by atoms with Gasteiger partial charge >= 0.3 is 0 Å². The summed E-state index contributed by atoms with van der Waals surface area (Å²) >= 11 is 0. The molecule has 1 N–H and O–H groups in total. The first-order chi connectivity index (χ1) is 9.50. The second-order valence-corrected chi connectivity index (χ2v) is 6.77. The largest absolute Gasteiger partial charge is 0.462 e. The minimum Gasteiger partial charge on any atom is -0.462 e. The van der Waals surface area contributed by atoms with Crippen molar-refractivity contribution in [2.45, 2.75) is 72.6 Å². The highest BCUT2D eigenvalue weighted by Crippen LogP contribution is 2.36. The van der Waals surface area contributed by atoms with E-state index in [-0.39, 0.29) is 0 Å². The normalized spacial score (nSPS) is 19.4. The third kappa shape index (κ3) is 4.35. The highest BCUT2D eigenvalue weighted by molar-refractivity contribution is 5.19. The maximum atomic E-state index is 6.02. The van der Waals surface area contributed by atoms with Crippen molar-refractivity contribution >= 4 is 0 Å². The lowest BCUT2D eigenvalue weighted by atomic mass is 9.76. The van der Waals surface area contributed by atoms with Gasteiger partial charge in [-0.2, -0.15) is 0 Å². The fourth-order valence-electron chi connectivity index (χ4n) is 2.81. The van der Waals surface area contributed by atoms with Gasteiger partial charge in [-0.05, 0) is 56.2 Å². The highest BCUT2D eigenvalue weighted by Gasteiger charge is 2.27. The molecular weight excluding hydrogens is 250 g/mol. The van der Waals surface area contributed by atoms with Gasteiger partial charge in [0, 0.05) is 0 Å². The van der Waals surface area contributed by atoms with E-state index < -0.39 is 0 Å². The van der Waals surface area contributed by atoms with Crippen LogP contribution in [0.4, 0.5) is 0 Å². The van der Waals surface area contributed by atoms with Crippen molar-refractivity contribution < 1.29 is 9.15 Å². The van der Waals surface area contributed by atoms with E-state index in [4.69, 9.17) is 9.15 Å². The van der Waals surface area contributed by atoms with Gasteiger partial charge in [-0.25, -0.2) is 0 Å². The molecule has 0 atom stereocenters. The van der Waals surface area contributed by atoms with E-state index in [0.29, 0.717) is 18.1 Å². The number of hydrogen-bond donors (Lipinski definition) is 1. The van der Waals surface area contributed by atoms with Crippen molar-refractivity contribution in [3.8, 4) is 0 Å². The summed E-state index contributed by atoms with van der Waals surface area (Å²) in [7, 11) is 0. The van der Waals surface area contributed by atoms with Crippen LogP contribution < -0.4 is 5.32 Å². The number of rotatable bonds is 6. The molecule has 1 saturated carbocycles. The molecule has 1 aliphatic carbocycles. The van der Waals surface area contributed by atoms with Gasteiger partial charge in [-0.3, -0.25) is 0 Å². The van der Waals surface area contributed by atoms with Gasteiger partial charge in [0.25, 0.3) is 0 Å². The van der Waals surface area contributed by atoms with E-state index in [0.717, 1.165) is 24.6 Å². The Balaban J connectivity index is 1.79. The first kappa shape index (κ1) is 15.6. The zero-order valence-electron chi connectivity index (χ0n) is 13.4. The molecule has 114 valence electrons. The van der Waals surface area contributed by atoms with Crippen molar-refractivity contribution in [3.05, 3.63) is 23.2 Å². The summed E-state index contributed by atoms with van der Waals surface area (Å²) in [4.78, 5) is 0.